The molecule has 0 aromatic carbocycles. The maximum atomic E-state index is 11.5. The molecule has 0 saturated heterocycles. The normalized spacial score (nSPS) is 17.4. The molecule has 1 aliphatic heterocycles. The number of fused-ring (bicyclic) bond motifs is 1. The standard InChI is InChI=1S/C12H13N5O2/c1-19-11(18)10-15-12-14-7-5-9(17(12)16-10)8-4-2-3-6-13-8/h2-4,6,9H,5,7H2,1H3,(H,14,15,16). The van der Waals surface area contributed by atoms with Crippen molar-refractivity contribution in [3.63, 3.8) is 0 Å². The molecule has 2 aromatic rings. The van der Waals surface area contributed by atoms with Crippen molar-refractivity contribution >= 4 is 11.9 Å². The third-order valence-corrected chi connectivity index (χ3v) is 3.02. The van der Waals surface area contributed by atoms with E-state index >= 15 is 0 Å². The third-order valence-electron chi connectivity index (χ3n) is 3.02. The summed E-state index contributed by atoms with van der Waals surface area (Å²) in [7, 11) is 1.31. The van der Waals surface area contributed by atoms with Gasteiger partial charge < -0.3 is 10.1 Å². The van der Waals surface area contributed by atoms with Crippen LogP contribution in [0.4, 0.5) is 5.95 Å². The Kier molecular flexibility index (Phi) is 2.86. The van der Waals surface area contributed by atoms with Gasteiger partial charge in [-0.25, -0.2) is 9.48 Å². The van der Waals surface area contributed by atoms with E-state index in [9.17, 15) is 4.79 Å². The van der Waals surface area contributed by atoms with Crippen molar-refractivity contribution in [2.24, 2.45) is 0 Å². The van der Waals surface area contributed by atoms with Gasteiger partial charge in [-0.2, -0.15) is 4.98 Å². The number of ether oxygens (including phenoxy) is 1. The van der Waals surface area contributed by atoms with Crippen molar-refractivity contribution in [2.75, 3.05) is 19.0 Å². The molecule has 98 valence electrons. The van der Waals surface area contributed by atoms with E-state index in [1.165, 1.54) is 7.11 Å². The summed E-state index contributed by atoms with van der Waals surface area (Å²) in [6.07, 6.45) is 2.59. The van der Waals surface area contributed by atoms with Gasteiger partial charge >= 0.3 is 5.97 Å². The van der Waals surface area contributed by atoms with Gasteiger partial charge in [0.05, 0.1) is 18.8 Å². The first-order chi connectivity index (χ1) is 9.29. The van der Waals surface area contributed by atoms with Crippen molar-refractivity contribution in [3.05, 3.63) is 35.9 Å². The second kappa shape index (κ2) is 4.68. The predicted molar refractivity (Wildman–Crippen MR) is 66.8 cm³/mol. The van der Waals surface area contributed by atoms with Crippen molar-refractivity contribution in [1.29, 1.82) is 0 Å². The first kappa shape index (κ1) is 11.6. The lowest BCUT2D eigenvalue weighted by Gasteiger charge is -2.23. The van der Waals surface area contributed by atoms with E-state index < -0.39 is 5.97 Å². The molecule has 0 fully saturated rings. The molecule has 7 heteroatoms. The topological polar surface area (TPSA) is 81.9 Å². The summed E-state index contributed by atoms with van der Waals surface area (Å²) >= 11 is 0. The number of anilines is 1. The molecule has 3 rings (SSSR count). The van der Waals surface area contributed by atoms with Crippen LogP contribution in [0, 0.1) is 0 Å². The van der Waals surface area contributed by atoms with Crippen molar-refractivity contribution < 1.29 is 9.53 Å². The summed E-state index contributed by atoms with van der Waals surface area (Å²) in [5.74, 6) is 0.0959. The molecule has 1 atom stereocenters. The number of pyridine rings is 1. The highest BCUT2D eigenvalue weighted by Crippen LogP contribution is 2.26. The Morgan fingerprint density at radius 1 is 1.53 bits per heavy atom. The third kappa shape index (κ3) is 2.03. The zero-order chi connectivity index (χ0) is 13.2. The van der Waals surface area contributed by atoms with Crippen LogP contribution >= 0.6 is 0 Å². The number of nitrogens with one attached hydrogen (secondary N) is 1. The quantitative estimate of drug-likeness (QED) is 0.806. The number of rotatable bonds is 2. The number of hydrogen-bond acceptors (Lipinski definition) is 6. The Morgan fingerprint density at radius 2 is 2.42 bits per heavy atom. The molecule has 1 N–H and O–H groups in total. The molecule has 0 aliphatic carbocycles. The van der Waals surface area contributed by atoms with Crippen LogP contribution in [0.5, 0.6) is 0 Å². The molecule has 0 bridgehead atoms. The molecule has 19 heavy (non-hydrogen) atoms. The Labute approximate surface area is 109 Å². The zero-order valence-corrected chi connectivity index (χ0v) is 10.4. The number of methoxy groups -OCH3 is 1. The fourth-order valence-corrected chi connectivity index (χ4v) is 2.13. The number of nitrogens with zero attached hydrogens (tertiary/aromatic N) is 4. The molecule has 0 radical (unpaired) electrons. The van der Waals surface area contributed by atoms with Gasteiger partial charge in [-0.3, -0.25) is 4.98 Å². The van der Waals surface area contributed by atoms with Gasteiger partial charge in [-0.05, 0) is 18.6 Å². The van der Waals surface area contributed by atoms with E-state index in [4.69, 9.17) is 0 Å². The van der Waals surface area contributed by atoms with Gasteiger partial charge in [-0.15, -0.1) is 5.10 Å². The highest BCUT2D eigenvalue weighted by atomic mass is 16.5. The minimum absolute atomic E-state index is 0.0108. The SMILES string of the molecule is COC(=O)c1nc2n(n1)C(c1ccccn1)CCN2. The average molecular weight is 259 g/mol. The summed E-state index contributed by atoms with van der Waals surface area (Å²) in [6.45, 7) is 0.764. The largest absolute Gasteiger partial charge is 0.463 e. The van der Waals surface area contributed by atoms with E-state index in [0.717, 1.165) is 18.7 Å². The fraction of sp³-hybridized carbons (Fsp3) is 0.333. The van der Waals surface area contributed by atoms with Crippen LogP contribution in [0.1, 0.15) is 28.8 Å². The Morgan fingerprint density at radius 3 is 3.16 bits per heavy atom. The Hall–Kier alpha value is -2.44. The molecule has 2 aromatic heterocycles. The Balaban J connectivity index is 2.00. The molecular weight excluding hydrogens is 246 g/mol. The molecule has 3 heterocycles. The van der Waals surface area contributed by atoms with Gasteiger partial charge in [0.25, 0.3) is 5.82 Å². The lowest BCUT2D eigenvalue weighted by atomic mass is 10.1. The van der Waals surface area contributed by atoms with Crippen molar-refractivity contribution in [2.45, 2.75) is 12.5 Å². The molecular formula is C12H13N5O2. The van der Waals surface area contributed by atoms with E-state index in [2.05, 4.69) is 25.1 Å². The van der Waals surface area contributed by atoms with Crippen LogP contribution in [0.3, 0.4) is 0 Å². The summed E-state index contributed by atoms with van der Waals surface area (Å²) in [5, 5.41) is 7.32. The van der Waals surface area contributed by atoms with Gasteiger partial charge in [0.2, 0.25) is 5.95 Å². The van der Waals surface area contributed by atoms with Crippen molar-refractivity contribution in [1.82, 2.24) is 19.7 Å². The maximum absolute atomic E-state index is 11.5. The van der Waals surface area contributed by atoms with Crippen LogP contribution in [-0.4, -0.2) is 39.4 Å². The van der Waals surface area contributed by atoms with Crippen molar-refractivity contribution in [3.8, 4) is 0 Å². The monoisotopic (exact) mass is 259 g/mol. The number of carbonyl (C=O) groups is 1. The van der Waals surface area contributed by atoms with Crippen LogP contribution in [0.2, 0.25) is 0 Å². The molecule has 7 nitrogen and oxygen atoms in total. The summed E-state index contributed by atoms with van der Waals surface area (Å²) < 4.78 is 6.33. The summed E-state index contributed by atoms with van der Waals surface area (Å²) in [6, 6.07) is 5.73. The minimum Gasteiger partial charge on any atom is -0.463 e. The lowest BCUT2D eigenvalue weighted by Crippen LogP contribution is -2.25. The van der Waals surface area contributed by atoms with Gasteiger partial charge in [-0.1, -0.05) is 6.07 Å². The van der Waals surface area contributed by atoms with Crippen LogP contribution in [0.15, 0.2) is 24.4 Å². The second-order valence-corrected chi connectivity index (χ2v) is 4.18. The highest BCUT2D eigenvalue weighted by molar-refractivity contribution is 5.85. The molecule has 1 aliphatic rings. The molecule has 0 spiro atoms. The lowest BCUT2D eigenvalue weighted by molar-refractivity contribution is 0.0586. The van der Waals surface area contributed by atoms with Gasteiger partial charge in [0.15, 0.2) is 0 Å². The van der Waals surface area contributed by atoms with Gasteiger partial charge in [0, 0.05) is 12.7 Å². The Bertz CT molecular complexity index is 595. The number of hydrogen-bond donors (Lipinski definition) is 1. The molecule has 0 amide bonds. The average Bonchev–Trinajstić information content (AvgIpc) is 2.91. The fourth-order valence-electron chi connectivity index (χ4n) is 2.13. The first-order valence-electron chi connectivity index (χ1n) is 5.99. The number of aromatic nitrogens is 4. The highest BCUT2D eigenvalue weighted by Gasteiger charge is 2.27. The maximum Gasteiger partial charge on any atom is 0.378 e. The molecule has 0 saturated carbocycles. The van der Waals surface area contributed by atoms with E-state index in [1.54, 1.807) is 10.9 Å². The number of esters is 1. The second-order valence-electron chi connectivity index (χ2n) is 4.18. The van der Waals surface area contributed by atoms with E-state index in [0.29, 0.717) is 5.95 Å². The summed E-state index contributed by atoms with van der Waals surface area (Å²) in [4.78, 5) is 19.9. The van der Waals surface area contributed by atoms with Crippen LogP contribution in [-0.2, 0) is 4.74 Å². The van der Waals surface area contributed by atoms with E-state index in [1.807, 2.05) is 18.2 Å². The minimum atomic E-state index is -0.538. The summed E-state index contributed by atoms with van der Waals surface area (Å²) in [5.41, 5.74) is 0.909. The predicted octanol–water partition coefficient (Wildman–Crippen LogP) is 0.865. The van der Waals surface area contributed by atoms with E-state index in [-0.39, 0.29) is 11.9 Å². The zero-order valence-electron chi connectivity index (χ0n) is 10.4. The van der Waals surface area contributed by atoms with Crippen LogP contribution in [0.25, 0.3) is 0 Å². The van der Waals surface area contributed by atoms with Gasteiger partial charge in [0.1, 0.15) is 0 Å². The smallest absolute Gasteiger partial charge is 0.378 e. The number of carbonyl (C=O) groups excluding carboxylic acids is 1. The van der Waals surface area contributed by atoms with Crippen LogP contribution < -0.4 is 5.32 Å². The first-order valence-corrected chi connectivity index (χ1v) is 5.99. The molecule has 1 unspecified atom stereocenters.